The zero-order valence-electron chi connectivity index (χ0n) is 10.4. The van der Waals surface area contributed by atoms with Crippen molar-refractivity contribution in [3.63, 3.8) is 0 Å². The molecule has 0 aromatic carbocycles. The lowest BCUT2D eigenvalue weighted by molar-refractivity contribution is -0.130. The summed E-state index contributed by atoms with van der Waals surface area (Å²) in [5, 5.41) is 0. The van der Waals surface area contributed by atoms with Gasteiger partial charge in [0.1, 0.15) is 17.6 Å². The van der Waals surface area contributed by atoms with Crippen LogP contribution in [0, 0.1) is 13.8 Å². The van der Waals surface area contributed by atoms with Gasteiger partial charge in [0, 0.05) is 6.61 Å². The molecular formula is C12H16N2O4. The summed E-state index contributed by atoms with van der Waals surface area (Å²) >= 11 is 0. The number of rotatable bonds is 2. The maximum atomic E-state index is 11.8. The molecule has 0 radical (unpaired) electrons. The molecule has 2 N–H and O–H groups in total. The summed E-state index contributed by atoms with van der Waals surface area (Å²) in [6.07, 6.45) is 1.09. The molecular weight excluding hydrogens is 236 g/mol. The predicted molar refractivity (Wildman–Crippen MR) is 62.8 cm³/mol. The van der Waals surface area contributed by atoms with Crippen LogP contribution in [-0.2, 0) is 9.53 Å². The van der Waals surface area contributed by atoms with Gasteiger partial charge in [-0.2, -0.15) is 0 Å². The summed E-state index contributed by atoms with van der Waals surface area (Å²) in [5.74, 6) is 0.467. The van der Waals surface area contributed by atoms with Crippen LogP contribution in [0.5, 0.6) is 0 Å². The molecule has 1 aliphatic rings. The third kappa shape index (κ3) is 2.70. The van der Waals surface area contributed by atoms with Crippen molar-refractivity contribution in [2.24, 2.45) is 0 Å². The van der Waals surface area contributed by atoms with E-state index in [9.17, 15) is 9.59 Å². The number of nitrogens with one attached hydrogen (secondary N) is 2. The summed E-state index contributed by atoms with van der Waals surface area (Å²) in [4.78, 5) is 23.4. The highest BCUT2D eigenvalue weighted by atomic mass is 16.5. The van der Waals surface area contributed by atoms with Gasteiger partial charge in [0.05, 0.1) is 5.56 Å². The molecule has 0 bridgehead atoms. The first kappa shape index (κ1) is 12.6. The maximum absolute atomic E-state index is 11.8. The van der Waals surface area contributed by atoms with Crippen LogP contribution in [0.1, 0.15) is 34.7 Å². The lowest BCUT2D eigenvalue weighted by atomic mass is 10.2. The van der Waals surface area contributed by atoms with Crippen molar-refractivity contribution >= 4 is 11.8 Å². The second-order valence-electron chi connectivity index (χ2n) is 4.27. The lowest BCUT2D eigenvalue weighted by Gasteiger charge is -2.10. The van der Waals surface area contributed by atoms with Crippen LogP contribution in [0.2, 0.25) is 0 Å². The average Bonchev–Trinajstić information content (AvgIpc) is 2.95. The largest absolute Gasteiger partial charge is 0.466 e. The van der Waals surface area contributed by atoms with E-state index in [4.69, 9.17) is 9.15 Å². The Balaban J connectivity index is 1.88. The number of carbonyl (C=O) groups is 2. The minimum Gasteiger partial charge on any atom is -0.466 e. The minimum atomic E-state index is -0.461. The third-order valence-corrected chi connectivity index (χ3v) is 2.81. The molecule has 1 aromatic rings. The number of hydrazine groups is 1. The smallest absolute Gasteiger partial charge is 0.273 e. The van der Waals surface area contributed by atoms with Crippen LogP contribution >= 0.6 is 0 Å². The van der Waals surface area contributed by atoms with Crippen molar-refractivity contribution < 1.29 is 18.7 Å². The van der Waals surface area contributed by atoms with E-state index >= 15 is 0 Å². The van der Waals surface area contributed by atoms with Gasteiger partial charge in [-0.3, -0.25) is 20.4 Å². The molecule has 6 heteroatoms. The van der Waals surface area contributed by atoms with E-state index in [-0.39, 0.29) is 5.91 Å². The predicted octanol–water partition coefficient (Wildman–Crippen LogP) is 0.836. The Morgan fingerprint density at radius 3 is 2.67 bits per heavy atom. The van der Waals surface area contributed by atoms with Crippen LogP contribution in [0.3, 0.4) is 0 Å². The molecule has 2 amide bonds. The van der Waals surface area contributed by atoms with E-state index in [2.05, 4.69) is 10.9 Å². The number of amides is 2. The number of hydrogen-bond acceptors (Lipinski definition) is 4. The summed E-state index contributed by atoms with van der Waals surface area (Å²) in [6.45, 7) is 4.05. The fraction of sp³-hybridized carbons (Fsp3) is 0.500. The summed E-state index contributed by atoms with van der Waals surface area (Å²) in [6, 6.07) is 1.63. The zero-order valence-corrected chi connectivity index (χ0v) is 10.4. The van der Waals surface area contributed by atoms with Crippen LogP contribution in [0.15, 0.2) is 10.5 Å². The van der Waals surface area contributed by atoms with Gasteiger partial charge in [0.2, 0.25) is 0 Å². The first-order valence-electron chi connectivity index (χ1n) is 5.87. The molecule has 18 heavy (non-hydrogen) atoms. The van der Waals surface area contributed by atoms with Crippen LogP contribution in [-0.4, -0.2) is 24.5 Å². The highest BCUT2D eigenvalue weighted by Gasteiger charge is 2.24. The van der Waals surface area contributed by atoms with E-state index in [0.29, 0.717) is 30.1 Å². The Kier molecular flexibility index (Phi) is 3.66. The molecule has 0 spiro atoms. The van der Waals surface area contributed by atoms with Crippen molar-refractivity contribution in [1.29, 1.82) is 0 Å². The van der Waals surface area contributed by atoms with E-state index in [0.717, 1.165) is 6.42 Å². The number of carbonyl (C=O) groups excluding carboxylic acids is 2. The Bertz CT molecular complexity index is 461. The van der Waals surface area contributed by atoms with Crippen molar-refractivity contribution in [2.45, 2.75) is 32.8 Å². The molecule has 1 fully saturated rings. The molecule has 0 saturated carbocycles. The molecule has 1 aliphatic heterocycles. The Labute approximate surface area is 105 Å². The normalized spacial score (nSPS) is 18.7. The Hall–Kier alpha value is -1.82. The van der Waals surface area contributed by atoms with Crippen LogP contribution in [0.25, 0.3) is 0 Å². The van der Waals surface area contributed by atoms with Gasteiger partial charge in [-0.05, 0) is 32.8 Å². The Morgan fingerprint density at radius 1 is 1.33 bits per heavy atom. The van der Waals surface area contributed by atoms with E-state index < -0.39 is 12.0 Å². The number of aryl methyl sites for hydroxylation is 2. The molecule has 1 aromatic heterocycles. The number of furan rings is 1. The van der Waals surface area contributed by atoms with Gasteiger partial charge in [-0.25, -0.2) is 0 Å². The van der Waals surface area contributed by atoms with Crippen molar-refractivity contribution in [1.82, 2.24) is 10.9 Å². The quantitative estimate of drug-likeness (QED) is 0.764. The summed E-state index contributed by atoms with van der Waals surface area (Å²) in [7, 11) is 0. The van der Waals surface area contributed by atoms with Crippen LogP contribution in [0.4, 0.5) is 0 Å². The SMILES string of the molecule is Cc1cc(C(=O)NNC(=O)[C@H]2CCCO2)c(C)o1. The summed E-state index contributed by atoms with van der Waals surface area (Å²) < 4.78 is 10.4. The van der Waals surface area contributed by atoms with Crippen molar-refractivity contribution in [2.75, 3.05) is 6.61 Å². The zero-order chi connectivity index (χ0) is 13.1. The molecule has 98 valence electrons. The van der Waals surface area contributed by atoms with Gasteiger partial charge < -0.3 is 9.15 Å². The molecule has 0 aliphatic carbocycles. The Morgan fingerprint density at radius 2 is 2.11 bits per heavy atom. The standard InChI is InChI=1S/C12H16N2O4/c1-7-6-9(8(2)18-7)11(15)13-14-12(16)10-4-3-5-17-10/h6,10H,3-5H2,1-2H3,(H,13,15)(H,14,16)/t10-/m1/s1. The van der Waals surface area contributed by atoms with Crippen molar-refractivity contribution in [3.8, 4) is 0 Å². The van der Waals surface area contributed by atoms with E-state index in [1.807, 2.05) is 0 Å². The second-order valence-corrected chi connectivity index (χ2v) is 4.27. The molecule has 1 atom stereocenters. The van der Waals surface area contributed by atoms with Crippen LogP contribution < -0.4 is 10.9 Å². The molecule has 2 heterocycles. The number of hydrogen-bond donors (Lipinski definition) is 2. The number of ether oxygens (including phenoxy) is 1. The van der Waals surface area contributed by atoms with E-state index in [1.165, 1.54) is 0 Å². The average molecular weight is 252 g/mol. The van der Waals surface area contributed by atoms with Gasteiger partial charge in [-0.1, -0.05) is 0 Å². The minimum absolute atomic E-state index is 0.321. The molecule has 2 rings (SSSR count). The first-order valence-corrected chi connectivity index (χ1v) is 5.87. The summed E-state index contributed by atoms with van der Waals surface area (Å²) in [5.41, 5.74) is 5.12. The highest BCUT2D eigenvalue weighted by molar-refractivity contribution is 5.96. The van der Waals surface area contributed by atoms with Gasteiger partial charge in [-0.15, -0.1) is 0 Å². The first-order chi connectivity index (χ1) is 8.58. The second kappa shape index (κ2) is 5.22. The fourth-order valence-corrected chi connectivity index (χ4v) is 1.91. The monoisotopic (exact) mass is 252 g/mol. The molecule has 1 saturated heterocycles. The van der Waals surface area contributed by atoms with Gasteiger partial charge >= 0.3 is 0 Å². The topological polar surface area (TPSA) is 80.6 Å². The van der Waals surface area contributed by atoms with Crippen molar-refractivity contribution in [3.05, 3.63) is 23.2 Å². The van der Waals surface area contributed by atoms with Gasteiger partial charge in [0.25, 0.3) is 11.8 Å². The fourth-order valence-electron chi connectivity index (χ4n) is 1.91. The molecule has 0 unspecified atom stereocenters. The highest BCUT2D eigenvalue weighted by Crippen LogP contribution is 2.13. The maximum Gasteiger partial charge on any atom is 0.273 e. The van der Waals surface area contributed by atoms with Gasteiger partial charge in [0.15, 0.2) is 0 Å². The van der Waals surface area contributed by atoms with E-state index in [1.54, 1.807) is 19.9 Å². The third-order valence-electron chi connectivity index (χ3n) is 2.81. The lowest BCUT2D eigenvalue weighted by Crippen LogP contribution is -2.46. The molecule has 6 nitrogen and oxygen atoms in total.